The number of aliphatic hydroxyl groups is 1. The Hall–Kier alpha value is -0.450. The Morgan fingerprint density at radius 2 is 1.81 bits per heavy atom. The molecule has 0 aromatic rings. The third-order valence-corrected chi connectivity index (χ3v) is 11.6. The lowest BCUT2D eigenvalue weighted by Gasteiger charge is -2.60. The van der Waals surface area contributed by atoms with Gasteiger partial charge in [-0.15, -0.1) is 0 Å². The van der Waals surface area contributed by atoms with Gasteiger partial charge in [0.15, 0.2) is 5.79 Å². The SMILES string of the molecule is C[C@@H]1CC[C@]2(OC1)O[C@H]1C[C@H]3[C@@H]4CC[C@H]5C[C@@H](O)CC[C@]5(C)[C@H]4C(=O)C[C@]3(C)[C@H]1[C@H]2C. The molecule has 2 heterocycles. The van der Waals surface area contributed by atoms with Crippen molar-refractivity contribution < 1.29 is 19.4 Å². The van der Waals surface area contributed by atoms with Gasteiger partial charge in [-0.25, -0.2) is 0 Å². The molecule has 0 unspecified atom stereocenters. The molecular formula is C27H42O4. The van der Waals surface area contributed by atoms with E-state index in [2.05, 4.69) is 27.7 Å². The van der Waals surface area contributed by atoms with E-state index in [0.717, 1.165) is 51.6 Å². The van der Waals surface area contributed by atoms with Crippen LogP contribution in [0.25, 0.3) is 0 Å². The summed E-state index contributed by atoms with van der Waals surface area (Å²) < 4.78 is 13.2. The molecule has 2 aliphatic heterocycles. The Kier molecular flexibility index (Phi) is 4.62. The molecule has 2 saturated heterocycles. The van der Waals surface area contributed by atoms with Crippen LogP contribution in [0.4, 0.5) is 0 Å². The first-order valence-corrected chi connectivity index (χ1v) is 13.2. The summed E-state index contributed by atoms with van der Waals surface area (Å²) in [6.45, 7) is 10.2. The zero-order valence-electron chi connectivity index (χ0n) is 19.9. The van der Waals surface area contributed by atoms with E-state index in [-0.39, 0.29) is 29.0 Å². The van der Waals surface area contributed by atoms with E-state index in [0.29, 0.717) is 41.3 Å². The van der Waals surface area contributed by atoms with Crippen LogP contribution in [0.15, 0.2) is 0 Å². The molecule has 0 aromatic heterocycles. The van der Waals surface area contributed by atoms with Crippen molar-refractivity contribution in [2.75, 3.05) is 6.61 Å². The fraction of sp³-hybridized carbons (Fsp3) is 0.963. The lowest BCUT2D eigenvalue weighted by Crippen LogP contribution is -2.58. The van der Waals surface area contributed by atoms with Crippen molar-refractivity contribution in [1.82, 2.24) is 0 Å². The van der Waals surface area contributed by atoms with Gasteiger partial charge in [-0.1, -0.05) is 27.7 Å². The van der Waals surface area contributed by atoms with E-state index >= 15 is 0 Å². The van der Waals surface area contributed by atoms with E-state index in [1.807, 2.05) is 0 Å². The quantitative estimate of drug-likeness (QED) is 0.589. The van der Waals surface area contributed by atoms with Gasteiger partial charge in [0.05, 0.1) is 18.8 Å². The van der Waals surface area contributed by atoms with Gasteiger partial charge in [0.1, 0.15) is 5.78 Å². The van der Waals surface area contributed by atoms with Gasteiger partial charge in [-0.3, -0.25) is 4.79 Å². The molecule has 4 aliphatic carbocycles. The second-order valence-electron chi connectivity index (χ2n) is 13.1. The van der Waals surface area contributed by atoms with E-state index < -0.39 is 5.79 Å². The molecule has 0 bridgehead atoms. The number of Topliss-reactive ketones (excluding diaryl/α,β-unsaturated/α-hetero) is 1. The molecule has 0 aromatic carbocycles. The fourth-order valence-corrected chi connectivity index (χ4v) is 10.1. The number of ketones is 1. The van der Waals surface area contributed by atoms with Crippen LogP contribution in [0.5, 0.6) is 0 Å². The number of hydrogen-bond donors (Lipinski definition) is 1. The van der Waals surface area contributed by atoms with Crippen molar-refractivity contribution in [1.29, 1.82) is 0 Å². The Bertz CT molecular complexity index is 756. The molecule has 6 rings (SSSR count). The Morgan fingerprint density at radius 3 is 2.55 bits per heavy atom. The minimum atomic E-state index is -0.404. The maximum atomic E-state index is 13.9. The summed E-state index contributed by atoms with van der Waals surface area (Å²) in [4.78, 5) is 13.9. The van der Waals surface area contributed by atoms with Crippen molar-refractivity contribution in [3.8, 4) is 0 Å². The molecule has 1 N–H and O–H groups in total. The summed E-state index contributed by atoms with van der Waals surface area (Å²) in [6.07, 6.45) is 9.26. The number of carbonyl (C=O) groups excluding carboxylic acids is 1. The molecule has 0 radical (unpaired) electrons. The van der Waals surface area contributed by atoms with Crippen LogP contribution in [-0.2, 0) is 14.3 Å². The van der Waals surface area contributed by atoms with E-state index in [1.54, 1.807) is 0 Å². The van der Waals surface area contributed by atoms with Crippen LogP contribution < -0.4 is 0 Å². The number of aliphatic hydroxyl groups excluding tert-OH is 1. The monoisotopic (exact) mass is 430 g/mol. The third kappa shape index (κ3) is 2.74. The van der Waals surface area contributed by atoms with Crippen molar-refractivity contribution in [2.45, 2.75) is 103 Å². The van der Waals surface area contributed by atoms with E-state index in [9.17, 15) is 9.90 Å². The first-order chi connectivity index (χ1) is 14.7. The molecule has 6 aliphatic rings. The molecule has 0 amide bonds. The Morgan fingerprint density at radius 1 is 1.00 bits per heavy atom. The summed E-state index contributed by atoms with van der Waals surface area (Å²) in [6, 6.07) is 0. The minimum absolute atomic E-state index is 0.0512. The van der Waals surface area contributed by atoms with Gasteiger partial charge in [0.25, 0.3) is 0 Å². The molecule has 12 atom stereocenters. The zero-order chi connectivity index (χ0) is 21.8. The number of fused-ring (bicyclic) bond motifs is 7. The highest BCUT2D eigenvalue weighted by molar-refractivity contribution is 5.84. The molecule has 4 heteroatoms. The van der Waals surface area contributed by atoms with E-state index in [4.69, 9.17) is 9.47 Å². The third-order valence-electron chi connectivity index (χ3n) is 11.6. The molecule has 1 spiro atoms. The maximum absolute atomic E-state index is 13.9. The maximum Gasteiger partial charge on any atom is 0.171 e. The average molecular weight is 431 g/mol. The lowest BCUT2D eigenvalue weighted by molar-refractivity contribution is -0.272. The van der Waals surface area contributed by atoms with Crippen LogP contribution in [0.3, 0.4) is 0 Å². The van der Waals surface area contributed by atoms with Gasteiger partial charge < -0.3 is 14.6 Å². The topological polar surface area (TPSA) is 55.8 Å². The van der Waals surface area contributed by atoms with Crippen molar-refractivity contribution in [3.05, 3.63) is 0 Å². The summed E-state index contributed by atoms with van der Waals surface area (Å²) in [5.41, 5.74) is 0.143. The first kappa shape index (κ1) is 21.1. The number of ether oxygens (including phenoxy) is 2. The first-order valence-electron chi connectivity index (χ1n) is 13.2. The molecular weight excluding hydrogens is 388 g/mol. The van der Waals surface area contributed by atoms with Crippen molar-refractivity contribution >= 4 is 5.78 Å². The highest BCUT2D eigenvalue weighted by Gasteiger charge is 2.70. The summed E-state index contributed by atoms with van der Waals surface area (Å²) in [5, 5.41) is 10.3. The molecule has 4 nitrogen and oxygen atoms in total. The zero-order valence-corrected chi connectivity index (χ0v) is 19.9. The van der Waals surface area contributed by atoms with Crippen LogP contribution >= 0.6 is 0 Å². The summed E-state index contributed by atoms with van der Waals surface area (Å²) >= 11 is 0. The lowest BCUT2D eigenvalue weighted by atomic mass is 9.44. The van der Waals surface area contributed by atoms with Crippen LogP contribution in [-0.4, -0.2) is 35.5 Å². The molecule has 4 saturated carbocycles. The number of hydrogen-bond acceptors (Lipinski definition) is 4. The number of rotatable bonds is 0. The summed E-state index contributed by atoms with van der Waals surface area (Å²) in [7, 11) is 0. The second kappa shape index (κ2) is 6.79. The minimum Gasteiger partial charge on any atom is -0.393 e. The standard InChI is InChI=1S/C27H42O4/c1-15-7-10-27(30-14-15)16(2)23-22(31-27)12-20-19-6-5-17-11-18(28)8-9-25(17,3)24(19)21(29)13-26(20,23)4/h15-20,22-24,28H,5-14H2,1-4H3/t15-,16-,17+,18+,19+,20+,22+,23+,24-,25+,26+,27+/m1/s1. The average Bonchev–Trinajstić information content (AvgIpc) is 3.15. The van der Waals surface area contributed by atoms with Crippen molar-refractivity contribution in [2.24, 2.45) is 52.3 Å². The predicted octanol–water partition coefficient (Wildman–Crippen LogP) is 4.97. The van der Waals surface area contributed by atoms with E-state index in [1.165, 1.54) is 12.8 Å². The normalized spacial score (nSPS) is 60.9. The summed E-state index contributed by atoms with van der Waals surface area (Å²) in [5.74, 6) is 3.36. The fourth-order valence-electron chi connectivity index (χ4n) is 10.1. The highest BCUT2D eigenvalue weighted by Crippen LogP contribution is 2.70. The highest BCUT2D eigenvalue weighted by atomic mass is 16.7. The van der Waals surface area contributed by atoms with Crippen molar-refractivity contribution in [3.63, 3.8) is 0 Å². The molecule has 174 valence electrons. The largest absolute Gasteiger partial charge is 0.393 e. The second-order valence-corrected chi connectivity index (χ2v) is 13.1. The predicted molar refractivity (Wildman–Crippen MR) is 118 cm³/mol. The van der Waals surface area contributed by atoms with Gasteiger partial charge in [-0.05, 0) is 85.4 Å². The Labute approximate surface area is 187 Å². The van der Waals surface area contributed by atoms with Crippen LogP contribution in [0.1, 0.15) is 85.5 Å². The Balaban J connectivity index is 1.30. The molecule has 6 fully saturated rings. The smallest absolute Gasteiger partial charge is 0.171 e. The van der Waals surface area contributed by atoms with Crippen LogP contribution in [0.2, 0.25) is 0 Å². The van der Waals surface area contributed by atoms with Gasteiger partial charge in [-0.2, -0.15) is 0 Å². The van der Waals surface area contributed by atoms with Crippen LogP contribution in [0, 0.1) is 52.3 Å². The molecule has 31 heavy (non-hydrogen) atoms. The van der Waals surface area contributed by atoms with Gasteiger partial charge in [0, 0.05) is 24.7 Å². The van der Waals surface area contributed by atoms with Gasteiger partial charge >= 0.3 is 0 Å². The van der Waals surface area contributed by atoms with Gasteiger partial charge in [0.2, 0.25) is 0 Å². The number of carbonyl (C=O) groups is 1.